The van der Waals surface area contributed by atoms with Crippen LogP contribution in [0.15, 0.2) is 11.1 Å². The molecule has 0 spiro atoms. The van der Waals surface area contributed by atoms with Crippen molar-refractivity contribution in [2.75, 3.05) is 14.2 Å². The van der Waals surface area contributed by atoms with Crippen LogP contribution in [-0.4, -0.2) is 26.2 Å². The average molecular weight is 207 g/mol. The minimum Gasteiger partial charge on any atom is -0.469 e. The third kappa shape index (κ3) is 6.16. The molecular formula is C8H11ClO4. The van der Waals surface area contributed by atoms with E-state index in [2.05, 4.69) is 9.47 Å². The molecule has 0 aromatic carbocycles. The summed E-state index contributed by atoms with van der Waals surface area (Å²) in [7, 11) is 2.55. The van der Waals surface area contributed by atoms with Gasteiger partial charge in [-0.15, -0.1) is 0 Å². The SMILES string of the molecule is COC(=O)CC=C(Cl)CC(=O)OC. The molecule has 0 aliphatic heterocycles. The number of carbonyl (C=O) groups is 2. The molecule has 0 aliphatic rings. The Hall–Kier alpha value is -1.03. The lowest BCUT2D eigenvalue weighted by molar-refractivity contribution is -0.140. The van der Waals surface area contributed by atoms with Gasteiger partial charge in [0, 0.05) is 5.03 Å². The second kappa shape index (κ2) is 6.48. The third-order valence-corrected chi connectivity index (χ3v) is 1.55. The number of hydrogen-bond donors (Lipinski definition) is 0. The van der Waals surface area contributed by atoms with E-state index in [4.69, 9.17) is 11.6 Å². The van der Waals surface area contributed by atoms with Gasteiger partial charge in [0.15, 0.2) is 0 Å². The molecule has 0 unspecified atom stereocenters. The van der Waals surface area contributed by atoms with E-state index in [0.29, 0.717) is 0 Å². The van der Waals surface area contributed by atoms with Crippen LogP contribution in [0.2, 0.25) is 0 Å². The molecule has 0 bridgehead atoms. The molecule has 0 heterocycles. The van der Waals surface area contributed by atoms with Gasteiger partial charge in [-0.25, -0.2) is 0 Å². The van der Waals surface area contributed by atoms with Gasteiger partial charge in [0.25, 0.3) is 0 Å². The fourth-order valence-corrected chi connectivity index (χ4v) is 0.746. The minimum atomic E-state index is -0.439. The predicted molar refractivity (Wildman–Crippen MR) is 47.2 cm³/mol. The molecule has 4 nitrogen and oxygen atoms in total. The number of rotatable bonds is 4. The highest BCUT2D eigenvalue weighted by Gasteiger charge is 2.04. The van der Waals surface area contributed by atoms with Crippen molar-refractivity contribution < 1.29 is 19.1 Å². The second-order valence-electron chi connectivity index (χ2n) is 2.18. The van der Waals surface area contributed by atoms with Crippen LogP contribution in [0.1, 0.15) is 12.8 Å². The Labute approximate surface area is 81.5 Å². The average Bonchev–Trinajstić information content (AvgIpc) is 2.13. The number of hydrogen-bond acceptors (Lipinski definition) is 4. The third-order valence-electron chi connectivity index (χ3n) is 1.26. The Kier molecular flexibility index (Phi) is 5.97. The van der Waals surface area contributed by atoms with Gasteiger partial charge in [-0.2, -0.15) is 0 Å². The number of halogens is 1. The highest BCUT2D eigenvalue weighted by molar-refractivity contribution is 6.30. The van der Waals surface area contributed by atoms with Crippen LogP contribution in [0.4, 0.5) is 0 Å². The fourth-order valence-electron chi connectivity index (χ4n) is 0.560. The minimum absolute atomic E-state index is 0.0188. The number of ether oxygens (including phenoxy) is 2. The Bertz CT molecular complexity index is 222. The maximum absolute atomic E-state index is 10.7. The molecule has 0 rings (SSSR count). The van der Waals surface area contributed by atoms with Crippen molar-refractivity contribution in [1.82, 2.24) is 0 Å². The zero-order valence-electron chi connectivity index (χ0n) is 7.50. The lowest BCUT2D eigenvalue weighted by atomic mass is 10.3. The first-order valence-electron chi connectivity index (χ1n) is 3.58. The summed E-state index contributed by atoms with van der Waals surface area (Å²) in [6.45, 7) is 0. The molecule has 0 aromatic rings. The molecule has 0 saturated carbocycles. The van der Waals surface area contributed by atoms with Crippen LogP contribution < -0.4 is 0 Å². The molecular weight excluding hydrogens is 196 g/mol. The van der Waals surface area contributed by atoms with Gasteiger partial charge in [-0.05, 0) is 0 Å². The summed E-state index contributed by atoms with van der Waals surface area (Å²) < 4.78 is 8.75. The molecule has 13 heavy (non-hydrogen) atoms. The predicted octanol–water partition coefficient (Wildman–Crippen LogP) is 1.24. The normalized spacial score (nSPS) is 10.8. The van der Waals surface area contributed by atoms with E-state index in [1.165, 1.54) is 20.3 Å². The fraction of sp³-hybridized carbons (Fsp3) is 0.500. The summed E-state index contributed by atoms with van der Waals surface area (Å²) >= 11 is 5.61. The summed E-state index contributed by atoms with van der Waals surface area (Å²) in [6, 6.07) is 0. The Morgan fingerprint density at radius 1 is 1.23 bits per heavy atom. The molecule has 0 amide bonds. The van der Waals surface area contributed by atoms with Crippen molar-refractivity contribution in [2.45, 2.75) is 12.8 Å². The number of carbonyl (C=O) groups excluding carboxylic acids is 2. The van der Waals surface area contributed by atoms with Gasteiger partial charge in [-0.3, -0.25) is 9.59 Å². The number of esters is 2. The van der Waals surface area contributed by atoms with E-state index in [-0.39, 0.29) is 17.9 Å². The maximum atomic E-state index is 10.7. The van der Waals surface area contributed by atoms with E-state index < -0.39 is 11.9 Å². The Morgan fingerprint density at radius 3 is 2.23 bits per heavy atom. The highest BCUT2D eigenvalue weighted by atomic mass is 35.5. The van der Waals surface area contributed by atoms with Crippen molar-refractivity contribution >= 4 is 23.5 Å². The molecule has 0 aliphatic carbocycles. The molecule has 0 N–H and O–H groups in total. The molecule has 0 fully saturated rings. The molecule has 74 valence electrons. The molecule has 0 atom stereocenters. The molecule has 0 aromatic heterocycles. The van der Waals surface area contributed by atoms with Gasteiger partial charge < -0.3 is 9.47 Å². The number of methoxy groups -OCH3 is 2. The van der Waals surface area contributed by atoms with Crippen molar-refractivity contribution in [3.8, 4) is 0 Å². The van der Waals surface area contributed by atoms with Crippen LogP contribution in [0.3, 0.4) is 0 Å². The van der Waals surface area contributed by atoms with E-state index >= 15 is 0 Å². The van der Waals surface area contributed by atoms with Gasteiger partial charge in [0.2, 0.25) is 0 Å². The van der Waals surface area contributed by atoms with E-state index in [1.54, 1.807) is 0 Å². The highest BCUT2D eigenvalue weighted by Crippen LogP contribution is 2.09. The summed E-state index contributed by atoms with van der Waals surface area (Å²) in [5.74, 6) is -0.839. The standard InChI is InChI=1S/C8H11ClO4/c1-12-7(10)4-3-6(9)5-8(11)13-2/h3H,4-5H2,1-2H3. The smallest absolute Gasteiger partial charge is 0.310 e. The first-order chi connectivity index (χ1) is 6.10. The Morgan fingerprint density at radius 2 is 1.77 bits per heavy atom. The quantitative estimate of drug-likeness (QED) is 0.650. The van der Waals surface area contributed by atoms with Crippen LogP contribution >= 0.6 is 11.6 Å². The summed E-state index contributed by atoms with van der Waals surface area (Å²) in [6.07, 6.45) is 1.46. The van der Waals surface area contributed by atoms with Crippen molar-refractivity contribution in [3.05, 3.63) is 11.1 Å². The molecule has 5 heteroatoms. The van der Waals surface area contributed by atoms with Gasteiger partial charge in [0.1, 0.15) is 0 Å². The van der Waals surface area contributed by atoms with Gasteiger partial charge in [0.05, 0.1) is 27.1 Å². The van der Waals surface area contributed by atoms with Gasteiger partial charge >= 0.3 is 11.9 Å². The molecule has 0 radical (unpaired) electrons. The first kappa shape index (κ1) is 12.0. The lowest BCUT2D eigenvalue weighted by Crippen LogP contribution is -2.01. The Balaban J connectivity index is 3.88. The summed E-state index contributed by atoms with van der Waals surface area (Å²) in [5.41, 5.74) is 0. The largest absolute Gasteiger partial charge is 0.469 e. The van der Waals surface area contributed by atoms with Crippen LogP contribution in [0, 0.1) is 0 Å². The second-order valence-corrected chi connectivity index (χ2v) is 2.67. The zero-order chi connectivity index (χ0) is 10.3. The van der Waals surface area contributed by atoms with Crippen molar-refractivity contribution in [3.63, 3.8) is 0 Å². The summed E-state index contributed by atoms with van der Waals surface area (Å²) in [5, 5.41) is 0.275. The molecule has 0 saturated heterocycles. The van der Waals surface area contributed by atoms with E-state index in [1.807, 2.05) is 0 Å². The van der Waals surface area contributed by atoms with Crippen molar-refractivity contribution in [1.29, 1.82) is 0 Å². The van der Waals surface area contributed by atoms with Crippen molar-refractivity contribution in [2.24, 2.45) is 0 Å². The van der Waals surface area contributed by atoms with Crippen LogP contribution in [0.5, 0.6) is 0 Å². The van der Waals surface area contributed by atoms with E-state index in [9.17, 15) is 9.59 Å². The summed E-state index contributed by atoms with van der Waals surface area (Å²) in [4.78, 5) is 21.3. The van der Waals surface area contributed by atoms with Crippen LogP contribution in [-0.2, 0) is 19.1 Å². The maximum Gasteiger partial charge on any atom is 0.310 e. The first-order valence-corrected chi connectivity index (χ1v) is 3.96. The van der Waals surface area contributed by atoms with Crippen LogP contribution in [0.25, 0.3) is 0 Å². The van der Waals surface area contributed by atoms with E-state index in [0.717, 1.165) is 0 Å². The zero-order valence-corrected chi connectivity index (χ0v) is 8.26. The topological polar surface area (TPSA) is 52.6 Å². The lowest BCUT2D eigenvalue weighted by Gasteiger charge is -1.97. The van der Waals surface area contributed by atoms with Gasteiger partial charge in [-0.1, -0.05) is 17.7 Å². The monoisotopic (exact) mass is 206 g/mol.